The van der Waals surface area contributed by atoms with E-state index in [1.54, 1.807) is 4.31 Å². The molecule has 116 valence electrons. The highest BCUT2D eigenvalue weighted by molar-refractivity contribution is 7.87. The van der Waals surface area contributed by atoms with Gasteiger partial charge in [-0.2, -0.15) is 12.7 Å². The molecule has 2 fully saturated rings. The van der Waals surface area contributed by atoms with Crippen LogP contribution in [0.15, 0.2) is 30.3 Å². The van der Waals surface area contributed by atoms with Gasteiger partial charge in [-0.3, -0.25) is 0 Å². The Morgan fingerprint density at radius 3 is 2.24 bits per heavy atom. The Hall–Kier alpha value is -0.910. The van der Waals surface area contributed by atoms with Crippen LogP contribution >= 0.6 is 0 Å². The molecule has 0 aromatic heterocycles. The van der Waals surface area contributed by atoms with Crippen LogP contribution in [0.2, 0.25) is 0 Å². The molecular weight excluding hydrogens is 284 g/mol. The molecule has 0 radical (unpaired) electrons. The van der Waals surface area contributed by atoms with E-state index in [4.69, 9.17) is 0 Å². The molecule has 1 aromatic rings. The smallest absolute Gasteiger partial charge is 0.201 e. The molecule has 5 heteroatoms. The Balaban J connectivity index is 1.74. The Labute approximate surface area is 127 Å². The largest absolute Gasteiger partial charge is 0.279 e. The van der Waals surface area contributed by atoms with Gasteiger partial charge in [-0.05, 0) is 31.2 Å². The normalized spacial score (nSPS) is 22.7. The van der Waals surface area contributed by atoms with Gasteiger partial charge in [-0.15, -0.1) is 0 Å². The molecule has 0 unspecified atom stereocenters. The maximum atomic E-state index is 12.4. The van der Waals surface area contributed by atoms with Gasteiger partial charge in [0, 0.05) is 25.0 Å². The van der Waals surface area contributed by atoms with Crippen molar-refractivity contribution in [2.24, 2.45) is 0 Å². The Bertz CT molecular complexity index is 559. The van der Waals surface area contributed by atoms with Gasteiger partial charge in [0.1, 0.15) is 0 Å². The van der Waals surface area contributed by atoms with Gasteiger partial charge in [0.2, 0.25) is 0 Å². The molecule has 0 amide bonds. The maximum Gasteiger partial charge on any atom is 0.279 e. The monoisotopic (exact) mass is 308 g/mol. The van der Waals surface area contributed by atoms with E-state index in [0.29, 0.717) is 19.6 Å². The van der Waals surface area contributed by atoms with Crippen LogP contribution in [-0.4, -0.2) is 32.4 Å². The first kappa shape index (κ1) is 15.0. The highest BCUT2D eigenvalue weighted by atomic mass is 32.2. The number of rotatable bonds is 5. The van der Waals surface area contributed by atoms with Crippen LogP contribution in [0.5, 0.6) is 0 Å². The zero-order valence-corrected chi connectivity index (χ0v) is 13.2. The quantitative estimate of drug-likeness (QED) is 0.908. The van der Waals surface area contributed by atoms with E-state index in [2.05, 4.69) is 16.9 Å². The van der Waals surface area contributed by atoms with Crippen LogP contribution < -0.4 is 4.72 Å². The summed E-state index contributed by atoms with van der Waals surface area (Å²) < 4.78 is 29.2. The molecule has 0 bridgehead atoms. The van der Waals surface area contributed by atoms with Crippen molar-refractivity contribution >= 4 is 10.2 Å². The molecule has 1 aliphatic heterocycles. The summed E-state index contributed by atoms with van der Waals surface area (Å²) in [6, 6.07) is 10.4. The van der Waals surface area contributed by atoms with Crippen LogP contribution in [-0.2, 0) is 15.6 Å². The highest BCUT2D eigenvalue weighted by Crippen LogP contribution is 2.40. The molecule has 0 spiro atoms. The molecule has 0 atom stereocenters. The van der Waals surface area contributed by atoms with Crippen molar-refractivity contribution in [1.29, 1.82) is 0 Å². The summed E-state index contributed by atoms with van der Waals surface area (Å²) in [5.74, 6) is 0. The van der Waals surface area contributed by atoms with Crippen molar-refractivity contribution in [2.75, 3.05) is 19.6 Å². The first-order chi connectivity index (χ1) is 10.1. The molecule has 1 saturated carbocycles. The predicted octanol–water partition coefficient (Wildman–Crippen LogP) is 2.43. The van der Waals surface area contributed by atoms with Gasteiger partial charge in [-0.1, -0.05) is 43.2 Å². The van der Waals surface area contributed by atoms with Crippen molar-refractivity contribution in [3.05, 3.63) is 35.9 Å². The number of benzene rings is 1. The summed E-state index contributed by atoms with van der Waals surface area (Å²) in [6.45, 7) is 1.84. The van der Waals surface area contributed by atoms with Crippen molar-refractivity contribution < 1.29 is 8.42 Å². The van der Waals surface area contributed by atoms with E-state index in [9.17, 15) is 8.42 Å². The van der Waals surface area contributed by atoms with Gasteiger partial charge >= 0.3 is 0 Å². The molecule has 1 aromatic carbocycles. The third kappa shape index (κ3) is 3.15. The predicted molar refractivity (Wildman–Crippen MR) is 84.3 cm³/mol. The van der Waals surface area contributed by atoms with E-state index < -0.39 is 10.2 Å². The average molecular weight is 308 g/mol. The van der Waals surface area contributed by atoms with Crippen molar-refractivity contribution in [3.63, 3.8) is 0 Å². The Kier molecular flexibility index (Phi) is 4.33. The lowest BCUT2D eigenvalue weighted by Crippen LogP contribution is -2.45. The van der Waals surface area contributed by atoms with Gasteiger partial charge in [-0.25, -0.2) is 4.72 Å². The minimum absolute atomic E-state index is 0.0198. The summed E-state index contributed by atoms with van der Waals surface area (Å²) in [5, 5.41) is 0. The molecule has 1 aliphatic carbocycles. The number of hydrogen-bond acceptors (Lipinski definition) is 2. The van der Waals surface area contributed by atoms with E-state index in [0.717, 1.165) is 25.7 Å². The van der Waals surface area contributed by atoms with Gasteiger partial charge in [0.05, 0.1) is 0 Å². The van der Waals surface area contributed by atoms with Gasteiger partial charge in [0.15, 0.2) is 0 Å². The number of nitrogens with zero attached hydrogens (tertiary/aromatic N) is 1. The van der Waals surface area contributed by atoms with Crippen LogP contribution in [0, 0.1) is 0 Å². The van der Waals surface area contributed by atoms with E-state index in [-0.39, 0.29) is 5.41 Å². The fourth-order valence-corrected chi connectivity index (χ4v) is 5.04. The average Bonchev–Trinajstić information content (AvgIpc) is 3.19. The van der Waals surface area contributed by atoms with Crippen molar-refractivity contribution in [2.45, 2.75) is 43.9 Å². The summed E-state index contributed by atoms with van der Waals surface area (Å²) in [6.07, 6.45) is 6.45. The topological polar surface area (TPSA) is 49.4 Å². The fourth-order valence-electron chi connectivity index (χ4n) is 3.66. The van der Waals surface area contributed by atoms with Crippen molar-refractivity contribution in [1.82, 2.24) is 9.03 Å². The molecule has 3 rings (SSSR count). The van der Waals surface area contributed by atoms with Crippen LogP contribution in [0.3, 0.4) is 0 Å². The minimum atomic E-state index is -3.31. The molecule has 2 aliphatic rings. The first-order valence-electron chi connectivity index (χ1n) is 7.93. The second-order valence-electron chi connectivity index (χ2n) is 6.29. The molecule has 4 nitrogen and oxygen atoms in total. The maximum absolute atomic E-state index is 12.4. The SMILES string of the molecule is O=S(=O)(NCC1(c2ccccc2)CCCC1)N1CCCC1. The zero-order chi connectivity index (χ0) is 14.8. The van der Waals surface area contributed by atoms with E-state index in [1.165, 1.54) is 18.4 Å². The molecule has 1 saturated heterocycles. The molecule has 1 N–H and O–H groups in total. The second kappa shape index (κ2) is 6.07. The van der Waals surface area contributed by atoms with Gasteiger partial charge in [0.25, 0.3) is 10.2 Å². The highest BCUT2D eigenvalue weighted by Gasteiger charge is 2.37. The zero-order valence-electron chi connectivity index (χ0n) is 12.4. The standard InChI is InChI=1S/C16H24N2O2S/c19-21(20,18-12-6-7-13-18)17-14-16(10-4-5-11-16)15-8-2-1-3-9-15/h1-3,8-9,17H,4-7,10-14H2. The van der Waals surface area contributed by atoms with Crippen molar-refractivity contribution in [3.8, 4) is 0 Å². The molecular formula is C16H24N2O2S. The Morgan fingerprint density at radius 2 is 1.62 bits per heavy atom. The molecule has 1 heterocycles. The summed E-state index contributed by atoms with van der Waals surface area (Å²) in [7, 11) is -3.31. The van der Waals surface area contributed by atoms with Gasteiger partial charge < -0.3 is 0 Å². The Morgan fingerprint density at radius 1 is 1.00 bits per heavy atom. The lowest BCUT2D eigenvalue weighted by Gasteiger charge is -2.30. The summed E-state index contributed by atoms with van der Waals surface area (Å²) in [5.41, 5.74) is 1.25. The van der Waals surface area contributed by atoms with Crippen LogP contribution in [0.1, 0.15) is 44.1 Å². The summed E-state index contributed by atoms with van der Waals surface area (Å²) >= 11 is 0. The van der Waals surface area contributed by atoms with E-state index >= 15 is 0 Å². The van der Waals surface area contributed by atoms with E-state index in [1.807, 2.05) is 18.2 Å². The summed E-state index contributed by atoms with van der Waals surface area (Å²) in [4.78, 5) is 0. The number of nitrogens with one attached hydrogen (secondary N) is 1. The second-order valence-corrected chi connectivity index (χ2v) is 8.04. The third-order valence-corrected chi connectivity index (χ3v) is 6.50. The van der Waals surface area contributed by atoms with Crippen LogP contribution in [0.25, 0.3) is 0 Å². The first-order valence-corrected chi connectivity index (χ1v) is 9.37. The minimum Gasteiger partial charge on any atom is -0.201 e. The number of hydrogen-bond donors (Lipinski definition) is 1. The third-order valence-electron chi connectivity index (χ3n) is 4.94. The molecule has 21 heavy (non-hydrogen) atoms. The fraction of sp³-hybridized carbons (Fsp3) is 0.625. The lowest BCUT2D eigenvalue weighted by atomic mass is 9.79. The lowest BCUT2D eigenvalue weighted by molar-refractivity contribution is 0.412. The van der Waals surface area contributed by atoms with Crippen LogP contribution in [0.4, 0.5) is 0 Å².